The van der Waals surface area contributed by atoms with Gasteiger partial charge in [0, 0.05) is 32.5 Å². The van der Waals surface area contributed by atoms with Gasteiger partial charge in [-0.05, 0) is 43.4 Å². The van der Waals surface area contributed by atoms with E-state index in [4.69, 9.17) is 9.88 Å². The normalized spacial score (nSPS) is 14.6. The van der Waals surface area contributed by atoms with Gasteiger partial charge in [-0.3, -0.25) is 0 Å². The summed E-state index contributed by atoms with van der Waals surface area (Å²) in [6.07, 6.45) is 4.24. The zero-order chi connectivity index (χ0) is 14.6. The Morgan fingerprint density at radius 3 is 2.80 bits per heavy atom. The SMILES string of the molecule is COCCCCCN1CCc2ccc(S(N)(=O)=O)cc21. The lowest BCUT2D eigenvalue weighted by molar-refractivity contribution is 0.192. The molecule has 0 amide bonds. The first kappa shape index (κ1) is 15.3. The summed E-state index contributed by atoms with van der Waals surface area (Å²) < 4.78 is 27.9. The lowest BCUT2D eigenvalue weighted by Crippen LogP contribution is -2.22. The molecule has 2 rings (SSSR count). The quantitative estimate of drug-likeness (QED) is 0.775. The Bertz CT molecular complexity index is 558. The molecule has 112 valence electrons. The Morgan fingerprint density at radius 1 is 1.30 bits per heavy atom. The summed E-state index contributed by atoms with van der Waals surface area (Å²) in [6, 6.07) is 5.17. The van der Waals surface area contributed by atoms with Crippen molar-refractivity contribution in [1.82, 2.24) is 0 Å². The number of ether oxygens (including phenoxy) is 1. The third kappa shape index (κ3) is 3.71. The van der Waals surface area contributed by atoms with Crippen molar-refractivity contribution in [2.45, 2.75) is 30.6 Å². The van der Waals surface area contributed by atoms with E-state index < -0.39 is 10.0 Å². The van der Waals surface area contributed by atoms with Gasteiger partial charge in [-0.15, -0.1) is 0 Å². The number of benzene rings is 1. The molecular weight excluding hydrogens is 276 g/mol. The van der Waals surface area contributed by atoms with Crippen molar-refractivity contribution in [2.75, 3.05) is 31.7 Å². The number of rotatable bonds is 7. The molecule has 1 aromatic rings. The van der Waals surface area contributed by atoms with Gasteiger partial charge in [0.25, 0.3) is 0 Å². The van der Waals surface area contributed by atoms with E-state index in [1.165, 1.54) is 5.56 Å². The lowest BCUT2D eigenvalue weighted by Gasteiger charge is -2.19. The van der Waals surface area contributed by atoms with E-state index in [1.807, 2.05) is 6.07 Å². The van der Waals surface area contributed by atoms with Gasteiger partial charge >= 0.3 is 0 Å². The van der Waals surface area contributed by atoms with E-state index in [2.05, 4.69) is 4.90 Å². The molecule has 0 aromatic heterocycles. The smallest absolute Gasteiger partial charge is 0.238 e. The molecule has 1 aliphatic rings. The van der Waals surface area contributed by atoms with Crippen LogP contribution >= 0.6 is 0 Å². The number of hydrogen-bond donors (Lipinski definition) is 1. The van der Waals surface area contributed by atoms with Crippen LogP contribution in [0.3, 0.4) is 0 Å². The number of anilines is 1. The molecule has 20 heavy (non-hydrogen) atoms. The predicted molar refractivity (Wildman–Crippen MR) is 79.5 cm³/mol. The molecule has 0 unspecified atom stereocenters. The fraction of sp³-hybridized carbons (Fsp3) is 0.571. The number of unbranched alkanes of at least 4 members (excludes halogenated alkanes) is 2. The Labute approximate surface area is 120 Å². The maximum Gasteiger partial charge on any atom is 0.238 e. The zero-order valence-corrected chi connectivity index (χ0v) is 12.7. The van der Waals surface area contributed by atoms with Gasteiger partial charge in [0.1, 0.15) is 0 Å². The van der Waals surface area contributed by atoms with Crippen molar-refractivity contribution < 1.29 is 13.2 Å². The molecule has 0 aliphatic carbocycles. The molecule has 0 bridgehead atoms. The van der Waals surface area contributed by atoms with Crippen LogP contribution in [0.4, 0.5) is 5.69 Å². The summed E-state index contributed by atoms with van der Waals surface area (Å²) in [5.74, 6) is 0. The fourth-order valence-corrected chi connectivity index (χ4v) is 3.09. The number of hydrogen-bond acceptors (Lipinski definition) is 4. The van der Waals surface area contributed by atoms with Gasteiger partial charge in [-0.25, -0.2) is 13.6 Å². The predicted octanol–water partition coefficient (Wildman–Crippen LogP) is 1.51. The van der Waals surface area contributed by atoms with Gasteiger partial charge in [-0.2, -0.15) is 0 Å². The number of sulfonamides is 1. The van der Waals surface area contributed by atoms with E-state index in [9.17, 15) is 8.42 Å². The maximum absolute atomic E-state index is 11.4. The van der Waals surface area contributed by atoms with E-state index in [0.29, 0.717) is 0 Å². The van der Waals surface area contributed by atoms with Crippen molar-refractivity contribution in [3.8, 4) is 0 Å². The highest BCUT2D eigenvalue weighted by atomic mass is 32.2. The van der Waals surface area contributed by atoms with Gasteiger partial charge in [0.05, 0.1) is 4.90 Å². The van der Waals surface area contributed by atoms with Crippen molar-refractivity contribution in [3.05, 3.63) is 23.8 Å². The number of nitrogens with two attached hydrogens (primary N) is 1. The van der Waals surface area contributed by atoms with Gasteiger partial charge in [-0.1, -0.05) is 6.07 Å². The van der Waals surface area contributed by atoms with Gasteiger partial charge in [0.2, 0.25) is 10.0 Å². The average molecular weight is 298 g/mol. The minimum atomic E-state index is -3.62. The van der Waals surface area contributed by atoms with Crippen LogP contribution in [0.5, 0.6) is 0 Å². The average Bonchev–Trinajstić information content (AvgIpc) is 2.80. The van der Waals surface area contributed by atoms with Crippen LogP contribution in [0.15, 0.2) is 23.1 Å². The molecule has 0 spiro atoms. The summed E-state index contributed by atoms with van der Waals surface area (Å²) in [7, 11) is -1.91. The van der Waals surface area contributed by atoms with Crippen LogP contribution in [0.2, 0.25) is 0 Å². The van der Waals surface area contributed by atoms with Crippen molar-refractivity contribution in [1.29, 1.82) is 0 Å². The van der Waals surface area contributed by atoms with E-state index >= 15 is 0 Å². The first-order valence-corrected chi connectivity index (χ1v) is 8.46. The largest absolute Gasteiger partial charge is 0.385 e. The molecule has 1 aromatic carbocycles. The number of fused-ring (bicyclic) bond motifs is 1. The fourth-order valence-electron chi connectivity index (χ4n) is 2.56. The molecule has 0 fully saturated rings. The Kier molecular flexibility index (Phi) is 5.01. The Balaban J connectivity index is 2.00. The second-order valence-electron chi connectivity index (χ2n) is 5.13. The van der Waals surface area contributed by atoms with Crippen molar-refractivity contribution in [3.63, 3.8) is 0 Å². The van der Waals surface area contributed by atoms with Crippen molar-refractivity contribution in [2.24, 2.45) is 5.14 Å². The van der Waals surface area contributed by atoms with Crippen LogP contribution in [0.25, 0.3) is 0 Å². The maximum atomic E-state index is 11.4. The molecule has 2 N–H and O–H groups in total. The monoisotopic (exact) mass is 298 g/mol. The molecule has 1 aliphatic heterocycles. The summed E-state index contributed by atoms with van der Waals surface area (Å²) in [5.41, 5.74) is 2.22. The summed E-state index contributed by atoms with van der Waals surface area (Å²) >= 11 is 0. The minimum Gasteiger partial charge on any atom is -0.385 e. The summed E-state index contributed by atoms with van der Waals surface area (Å²) in [4.78, 5) is 2.44. The van der Waals surface area contributed by atoms with Crippen LogP contribution in [0, 0.1) is 0 Å². The second kappa shape index (κ2) is 6.56. The van der Waals surface area contributed by atoms with Crippen LogP contribution in [0.1, 0.15) is 24.8 Å². The first-order valence-electron chi connectivity index (χ1n) is 6.92. The topological polar surface area (TPSA) is 72.6 Å². The number of nitrogens with zero attached hydrogens (tertiary/aromatic N) is 1. The Hall–Kier alpha value is -1.11. The van der Waals surface area contributed by atoms with Gasteiger partial charge < -0.3 is 9.64 Å². The highest BCUT2D eigenvalue weighted by Crippen LogP contribution is 2.30. The number of primary sulfonamides is 1. The summed E-state index contributed by atoms with van der Waals surface area (Å²) in [6.45, 7) is 2.70. The van der Waals surface area contributed by atoms with Gasteiger partial charge in [0.15, 0.2) is 0 Å². The molecule has 0 saturated heterocycles. The molecule has 1 heterocycles. The Morgan fingerprint density at radius 2 is 2.10 bits per heavy atom. The standard InChI is InChI=1S/C14H22N2O3S/c1-19-10-4-2-3-8-16-9-7-12-5-6-13(11-14(12)16)20(15,17)18/h5-6,11H,2-4,7-10H2,1H3,(H2,15,17,18). The van der Waals surface area contributed by atoms with E-state index in [-0.39, 0.29) is 4.90 Å². The number of methoxy groups -OCH3 is 1. The molecule has 6 heteroatoms. The van der Waals surface area contributed by atoms with E-state index in [1.54, 1.807) is 19.2 Å². The minimum absolute atomic E-state index is 0.197. The zero-order valence-electron chi connectivity index (χ0n) is 11.8. The van der Waals surface area contributed by atoms with Crippen LogP contribution < -0.4 is 10.0 Å². The molecule has 5 nitrogen and oxygen atoms in total. The molecule has 0 atom stereocenters. The third-order valence-electron chi connectivity index (χ3n) is 3.65. The van der Waals surface area contributed by atoms with Crippen LogP contribution in [-0.4, -0.2) is 35.2 Å². The first-order chi connectivity index (χ1) is 9.52. The molecular formula is C14H22N2O3S. The molecule has 0 radical (unpaired) electrons. The highest BCUT2D eigenvalue weighted by Gasteiger charge is 2.21. The van der Waals surface area contributed by atoms with Crippen LogP contribution in [-0.2, 0) is 21.2 Å². The second-order valence-corrected chi connectivity index (χ2v) is 6.69. The lowest BCUT2D eigenvalue weighted by atomic mass is 10.2. The molecule has 0 saturated carbocycles. The van der Waals surface area contributed by atoms with Crippen molar-refractivity contribution >= 4 is 15.7 Å². The highest BCUT2D eigenvalue weighted by molar-refractivity contribution is 7.89. The van der Waals surface area contributed by atoms with E-state index in [0.717, 1.165) is 51.1 Å². The third-order valence-corrected chi connectivity index (χ3v) is 4.56. The summed E-state index contributed by atoms with van der Waals surface area (Å²) in [5, 5.41) is 5.19.